The third-order valence-electron chi connectivity index (χ3n) is 0. The summed E-state index contributed by atoms with van der Waals surface area (Å²) in [6.07, 6.45) is 0. The minimum absolute atomic E-state index is 0. The van der Waals surface area contributed by atoms with Gasteiger partial charge in [-0.1, -0.05) is 0 Å². The zero-order chi connectivity index (χ0) is 7.15. The van der Waals surface area contributed by atoms with E-state index >= 15 is 0 Å². The van der Waals surface area contributed by atoms with Gasteiger partial charge in [-0.25, -0.2) is 0 Å². The molecule has 0 aliphatic rings. The molecule has 0 amide bonds. The minimum atomic E-state index is -3.13. The van der Waals surface area contributed by atoms with E-state index in [1.54, 1.807) is 0 Å². The van der Waals surface area contributed by atoms with E-state index in [-0.39, 0.29) is 62.0 Å². The van der Waals surface area contributed by atoms with E-state index in [0.29, 0.717) is 0 Å². The summed E-state index contributed by atoms with van der Waals surface area (Å²) in [6, 6.07) is 0. The maximum Gasteiger partial charge on any atom is 1.00 e. The molecule has 0 aliphatic carbocycles. The van der Waals surface area contributed by atoms with Crippen molar-refractivity contribution in [3.63, 3.8) is 0 Å². The SMILES string of the molecule is O=[Si](O)O.O=[Si](O)O.[H-].[H-].[Na+].[Na+]. The van der Waals surface area contributed by atoms with E-state index in [4.69, 9.17) is 28.1 Å². The van der Waals surface area contributed by atoms with Crippen molar-refractivity contribution in [2.75, 3.05) is 0 Å². The van der Waals surface area contributed by atoms with E-state index in [1.807, 2.05) is 0 Å². The average molecular weight is 204 g/mol. The monoisotopic (exact) mass is 204 g/mol. The number of hydrogen-bond donors (Lipinski definition) is 4. The molecule has 0 radical (unpaired) electrons. The summed E-state index contributed by atoms with van der Waals surface area (Å²) in [5, 5.41) is 0. The predicted octanol–water partition coefficient (Wildman–Crippen LogP) is -8.99. The van der Waals surface area contributed by atoms with Gasteiger partial charge in [-0.05, 0) is 0 Å². The fourth-order valence-corrected chi connectivity index (χ4v) is 0. The summed E-state index contributed by atoms with van der Waals surface area (Å²) in [5.74, 6) is 0. The van der Waals surface area contributed by atoms with Crippen molar-refractivity contribution in [2.45, 2.75) is 0 Å². The summed E-state index contributed by atoms with van der Waals surface area (Å²) in [7, 11) is -6.26. The summed E-state index contributed by atoms with van der Waals surface area (Å²) in [4.78, 5) is 28.6. The first kappa shape index (κ1) is 22.5. The molecule has 0 aromatic heterocycles. The van der Waals surface area contributed by atoms with Crippen molar-refractivity contribution in [2.24, 2.45) is 0 Å². The van der Waals surface area contributed by atoms with Crippen LogP contribution in [0.4, 0.5) is 0 Å². The van der Waals surface area contributed by atoms with Gasteiger partial charge in [0.2, 0.25) is 0 Å². The average Bonchev–Trinajstić information content (AvgIpc) is 1.25. The van der Waals surface area contributed by atoms with Crippen molar-refractivity contribution in [3.8, 4) is 0 Å². The van der Waals surface area contributed by atoms with Crippen LogP contribution in [0.2, 0.25) is 0 Å². The molecule has 0 saturated carbocycles. The Morgan fingerprint density at radius 3 is 0.800 bits per heavy atom. The molecule has 0 spiro atoms. The van der Waals surface area contributed by atoms with Gasteiger partial charge in [-0.2, -0.15) is 0 Å². The predicted molar refractivity (Wildman–Crippen MR) is 24.0 cm³/mol. The van der Waals surface area contributed by atoms with Crippen LogP contribution in [0.25, 0.3) is 0 Å². The Kier molecular flexibility index (Phi) is 37.5. The van der Waals surface area contributed by atoms with E-state index in [1.165, 1.54) is 0 Å². The molecule has 0 aromatic rings. The normalized spacial score (nSPS) is 4.80. The van der Waals surface area contributed by atoms with Gasteiger partial charge in [0.15, 0.2) is 0 Å². The number of rotatable bonds is 0. The maximum absolute atomic E-state index is 8.74. The zero-order valence-corrected chi connectivity index (χ0v) is 11.6. The quantitative estimate of drug-likeness (QED) is 0.291. The van der Waals surface area contributed by atoms with Crippen LogP contribution in [0, 0.1) is 0 Å². The van der Waals surface area contributed by atoms with E-state index in [0.717, 1.165) is 0 Å². The van der Waals surface area contributed by atoms with Crippen molar-refractivity contribution in [1.29, 1.82) is 0 Å². The molecule has 10 heteroatoms. The van der Waals surface area contributed by atoms with Gasteiger partial charge in [-0.15, -0.1) is 0 Å². The van der Waals surface area contributed by atoms with Crippen molar-refractivity contribution < 1.29 is 90.1 Å². The Hall–Kier alpha value is 1.23. The summed E-state index contributed by atoms with van der Waals surface area (Å²) in [5.41, 5.74) is 0. The first-order valence-corrected chi connectivity index (χ1v) is 3.91. The minimum Gasteiger partial charge on any atom is -1.00 e. The van der Waals surface area contributed by atoms with Gasteiger partial charge < -0.3 is 22.0 Å². The summed E-state index contributed by atoms with van der Waals surface area (Å²) < 4.78 is 17.5. The van der Waals surface area contributed by atoms with Crippen LogP contribution in [0.5, 0.6) is 0 Å². The largest absolute Gasteiger partial charge is 1.00 e. The van der Waals surface area contributed by atoms with Crippen molar-refractivity contribution in [3.05, 3.63) is 0 Å². The van der Waals surface area contributed by atoms with E-state index in [2.05, 4.69) is 0 Å². The Balaban J connectivity index is -0.0000000112. The molecule has 0 bridgehead atoms. The molecule has 0 atom stereocenters. The molecule has 0 rings (SSSR count). The van der Waals surface area contributed by atoms with Gasteiger partial charge >= 0.3 is 77.5 Å². The Bertz CT molecular complexity index is 79.5. The van der Waals surface area contributed by atoms with Crippen LogP contribution >= 0.6 is 0 Å². The molecule has 0 unspecified atom stereocenters. The third-order valence-corrected chi connectivity index (χ3v) is 0. The molecule has 0 aromatic carbocycles. The third kappa shape index (κ3) is 411. The molecule has 0 fully saturated rings. The van der Waals surface area contributed by atoms with Crippen LogP contribution in [-0.2, 0) is 8.92 Å². The van der Waals surface area contributed by atoms with E-state index < -0.39 is 18.3 Å². The second-order valence-corrected chi connectivity index (χ2v) is 1.70. The van der Waals surface area contributed by atoms with Gasteiger partial charge in [-0.3, -0.25) is 8.92 Å². The molecule has 0 heterocycles. The van der Waals surface area contributed by atoms with Crippen molar-refractivity contribution in [1.82, 2.24) is 0 Å². The van der Waals surface area contributed by atoms with E-state index in [9.17, 15) is 0 Å². The molecule has 52 valence electrons. The summed E-state index contributed by atoms with van der Waals surface area (Å²) in [6.45, 7) is 0. The summed E-state index contributed by atoms with van der Waals surface area (Å²) >= 11 is 0. The fourth-order valence-electron chi connectivity index (χ4n) is 0. The van der Waals surface area contributed by atoms with Crippen LogP contribution < -0.4 is 59.1 Å². The Labute approximate surface area is 107 Å². The van der Waals surface area contributed by atoms with Gasteiger partial charge in [0, 0.05) is 0 Å². The zero-order valence-electron chi connectivity index (χ0n) is 7.61. The van der Waals surface area contributed by atoms with Gasteiger partial charge in [0.05, 0.1) is 0 Å². The van der Waals surface area contributed by atoms with Crippen molar-refractivity contribution >= 4 is 18.3 Å². The Morgan fingerprint density at radius 2 is 0.800 bits per heavy atom. The second kappa shape index (κ2) is 16.7. The van der Waals surface area contributed by atoms with Crippen LogP contribution in [0.1, 0.15) is 2.85 Å². The van der Waals surface area contributed by atoms with Crippen LogP contribution in [0.3, 0.4) is 0 Å². The maximum atomic E-state index is 8.74. The standard InChI is InChI=1S/2Na.2H2O3Si.2H/c;;2*1-4(2)3;;/h;;2*1-2H;;/q2*+1;;;2*-1. The fraction of sp³-hybridized carbons (Fsp3) is 0. The second-order valence-electron chi connectivity index (χ2n) is 0.565. The topological polar surface area (TPSA) is 115 Å². The smallest absolute Gasteiger partial charge is 1.00 e. The van der Waals surface area contributed by atoms with Gasteiger partial charge in [0.1, 0.15) is 0 Å². The molecule has 6 nitrogen and oxygen atoms in total. The molecule has 0 aliphatic heterocycles. The first-order valence-electron chi connectivity index (χ1n) is 1.30. The molecular formula is H6Na2O6Si2. The molecule has 4 N–H and O–H groups in total. The van der Waals surface area contributed by atoms with Gasteiger partial charge in [0.25, 0.3) is 0 Å². The van der Waals surface area contributed by atoms with Crippen LogP contribution in [0.15, 0.2) is 0 Å². The molecule has 0 saturated heterocycles. The number of hydrogen-bond acceptors (Lipinski definition) is 2. The Morgan fingerprint density at radius 1 is 0.800 bits per heavy atom. The van der Waals surface area contributed by atoms with Crippen LogP contribution in [-0.4, -0.2) is 37.5 Å². The molecular weight excluding hydrogens is 198 g/mol. The molecule has 10 heavy (non-hydrogen) atoms. The first-order chi connectivity index (χ1) is 3.46.